The maximum absolute atomic E-state index is 11.2. The molecule has 0 saturated carbocycles. The topological polar surface area (TPSA) is 32.8 Å². The van der Waals surface area contributed by atoms with Crippen molar-refractivity contribution in [1.82, 2.24) is 9.80 Å². The third-order valence-corrected chi connectivity index (χ3v) is 4.26. The van der Waals surface area contributed by atoms with Crippen molar-refractivity contribution in [1.29, 1.82) is 0 Å². The molecule has 4 nitrogen and oxygen atoms in total. The van der Waals surface area contributed by atoms with Gasteiger partial charge in [0.25, 0.3) is 0 Å². The van der Waals surface area contributed by atoms with Gasteiger partial charge in [0.05, 0.1) is 10.3 Å². The molecular formula is C11H15BrN2O2S. The second-order valence-corrected chi connectivity index (χ2v) is 6.59. The molecule has 1 aliphatic rings. The standard InChI is InChI=1S/C11H15BrN2O2S/c1-13(8-9-2-3-10(12)17-9)4-5-14-6-7-16-11(14)15/h2-3H,4-8H2,1H3. The molecule has 2 rings (SSSR count). The van der Waals surface area contributed by atoms with Crippen LogP contribution in [0.5, 0.6) is 0 Å². The second kappa shape index (κ2) is 5.84. The fourth-order valence-electron chi connectivity index (χ4n) is 1.70. The van der Waals surface area contributed by atoms with E-state index in [1.54, 1.807) is 16.2 Å². The van der Waals surface area contributed by atoms with E-state index in [4.69, 9.17) is 4.74 Å². The van der Waals surface area contributed by atoms with Crippen molar-refractivity contribution < 1.29 is 9.53 Å². The molecule has 1 saturated heterocycles. The van der Waals surface area contributed by atoms with Crippen LogP contribution in [-0.2, 0) is 11.3 Å². The third kappa shape index (κ3) is 3.69. The Balaban J connectivity index is 1.74. The molecule has 1 aromatic rings. The third-order valence-electron chi connectivity index (χ3n) is 2.65. The van der Waals surface area contributed by atoms with E-state index in [2.05, 4.69) is 40.0 Å². The zero-order chi connectivity index (χ0) is 12.3. The summed E-state index contributed by atoms with van der Waals surface area (Å²) in [5.41, 5.74) is 0. The first kappa shape index (κ1) is 12.9. The number of thiophene rings is 1. The fraction of sp³-hybridized carbons (Fsp3) is 0.545. The van der Waals surface area contributed by atoms with Crippen molar-refractivity contribution in [3.63, 3.8) is 0 Å². The Labute approximate surface area is 113 Å². The molecule has 0 aromatic carbocycles. The lowest BCUT2D eigenvalue weighted by Crippen LogP contribution is -2.33. The Morgan fingerprint density at radius 2 is 2.41 bits per heavy atom. The Bertz CT molecular complexity index is 397. The van der Waals surface area contributed by atoms with E-state index in [1.165, 1.54) is 4.88 Å². The van der Waals surface area contributed by atoms with Crippen molar-refractivity contribution in [3.8, 4) is 0 Å². The van der Waals surface area contributed by atoms with Crippen LogP contribution in [0.15, 0.2) is 15.9 Å². The lowest BCUT2D eigenvalue weighted by Gasteiger charge is -2.19. The Morgan fingerprint density at radius 1 is 1.59 bits per heavy atom. The van der Waals surface area contributed by atoms with Crippen molar-refractivity contribution >= 4 is 33.4 Å². The van der Waals surface area contributed by atoms with Crippen molar-refractivity contribution in [2.45, 2.75) is 6.54 Å². The van der Waals surface area contributed by atoms with Gasteiger partial charge < -0.3 is 9.64 Å². The van der Waals surface area contributed by atoms with Gasteiger partial charge in [-0.25, -0.2) is 4.79 Å². The van der Waals surface area contributed by atoms with Crippen LogP contribution < -0.4 is 0 Å². The van der Waals surface area contributed by atoms with Gasteiger partial charge in [-0.15, -0.1) is 11.3 Å². The lowest BCUT2D eigenvalue weighted by molar-refractivity contribution is 0.155. The molecule has 1 fully saturated rings. The average molecular weight is 319 g/mol. The number of carbonyl (C=O) groups is 1. The van der Waals surface area contributed by atoms with E-state index in [9.17, 15) is 4.79 Å². The van der Waals surface area contributed by atoms with E-state index >= 15 is 0 Å². The monoisotopic (exact) mass is 318 g/mol. The van der Waals surface area contributed by atoms with Crippen molar-refractivity contribution in [2.24, 2.45) is 0 Å². The highest BCUT2D eigenvalue weighted by Crippen LogP contribution is 2.22. The van der Waals surface area contributed by atoms with Crippen LogP contribution in [0, 0.1) is 0 Å². The summed E-state index contributed by atoms with van der Waals surface area (Å²) in [5, 5.41) is 0. The minimum absolute atomic E-state index is 0.183. The molecule has 0 unspecified atom stereocenters. The lowest BCUT2D eigenvalue weighted by atomic mass is 10.4. The quantitative estimate of drug-likeness (QED) is 0.835. The smallest absolute Gasteiger partial charge is 0.409 e. The molecule has 0 atom stereocenters. The van der Waals surface area contributed by atoms with Crippen LogP contribution in [0.2, 0.25) is 0 Å². The van der Waals surface area contributed by atoms with Crippen molar-refractivity contribution in [2.75, 3.05) is 33.3 Å². The van der Waals surface area contributed by atoms with Gasteiger partial charge in [0, 0.05) is 24.5 Å². The first-order valence-corrected chi connectivity index (χ1v) is 7.10. The molecule has 17 heavy (non-hydrogen) atoms. The molecular weight excluding hydrogens is 304 g/mol. The summed E-state index contributed by atoms with van der Waals surface area (Å²) in [5.74, 6) is 0. The minimum atomic E-state index is -0.183. The predicted molar refractivity (Wildman–Crippen MR) is 71.3 cm³/mol. The van der Waals surface area contributed by atoms with Gasteiger partial charge in [-0.2, -0.15) is 0 Å². The molecule has 0 aliphatic carbocycles. The van der Waals surface area contributed by atoms with Gasteiger partial charge in [-0.05, 0) is 35.1 Å². The van der Waals surface area contributed by atoms with Crippen LogP contribution >= 0.6 is 27.3 Å². The Hall–Kier alpha value is -0.590. The summed E-state index contributed by atoms with van der Waals surface area (Å²) in [6.45, 7) is 3.77. The highest BCUT2D eigenvalue weighted by atomic mass is 79.9. The van der Waals surface area contributed by atoms with Crippen LogP contribution in [0.25, 0.3) is 0 Å². The van der Waals surface area contributed by atoms with Crippen LogP contribution in [0.3, 0.4) is 0 Å². The number of nitrogens with zero attached hydrogens (tertiary/aromatic N) is 2. The maximum Gasteiger partial charge on any atom is 0.409 e. The summed E-state index contributed by atoms with van der Waals surface area (Å²) in [7, 11) is 2.06. The van der Waals surface area contributed by atoms with E-state index in [0.717, 1.165) is 30.0 Å². The highest BCUT2D eigenvalue weighted by Gasteiger charge is 2.21. The van der Waals surface area contributed by atoms with Gasteiger partial charge >= 0.3 is 6.09 Å². The number of hydrogen-bond acceptors (Lipinski definition) is 4. The average Bonchev–Trinajstić information content (AvgIpc) is 2.85. The van der Waals surface area contributed by atoms with Gasteiger partial charge in [0.15, 0.2) is 0 Å². The molecule has 1 aromatic heterocycles. The normalized spacial score (nSPS) is 15.7. The maximum atomic E-state index is 11.2. The van der Waals surface area contributed by atoms with Gasteiger partial charge in [-0.1, -0.05) is 0 Å². The summed E-state index contributed by atoms with van der Waals surface area (Å²) < 4.78 is 6.04. The zero-order valence-corrected chi connectivity index (χ0v) is 12.1. The second-order valence-electron chi connectivity index (χ2n) is 4.05. The Kier molecular flexibility index (Phi) is 4.42. The number of halogens is 1. The van der Waals surface area contributed by atoms with E-state index in [1.807, 2.05) is 0 Å². The first-order chi connectivity index (χ1) is 8.15. The number of hydrogen-bond donors (Lipinski definition) is 0. The van der Waals surface area contributed by atoms with Crippen LogP contribution in [0.1, 0.15) is 4.88 Å². The SMILES string of the molecule is CN(CCN1CCOC1=O)Cc1ccc(Br)s1. The number of amides is 1. The van der Waals surface area contributed by atoms with Crippen LogP contribution in [0.4, 0.5) is 4.79 Å². The van der Waals surface area contributed by atoms with Gasteiger partial charge in [0.2, 0.25) is 0 Å². The summed E-state index contributed by atoms with van der Waals surface area (Å²) in [6.07, 6.45) is -0.183. The minimum Gasteiger partial charge on any atom is -0.448 e. The molecule has 0 bridgehead atoms. The molecule has 1 aliphatic heterocycles. The largest absolute Gasteiger partial charge is 0.448 e. The number of rotatable bonds is 5. The number of cyclic esters (lactones) is 1. The molecule has 0 radical (unpaired) electrons. The van der Waals surface area contributed by atoms with Crippen LogP contribution in [-0.4, -0.2) is 49.2 Å². The number of ether oxygens (including phenoxy) is 1. The van der Waals surface area contributed by atoms with Gasteiger partial charge in [-0.3, -0.25) is 4.90 Å². The zero-order valence-electron chi connectivity index (χ0n) is 9.69. The van der Waals surface area contributed by atoms with Crippen molar-refractivity contribution in [3.05, 3.63) is 20.8 Å². The molecule has 2 heterocycles. The summed E-state index contributed by atoms with van der Waals surface area (Å²) >= 11 is 5.20. The van der Waals surface area contributed by atoms with E-state index in [0.29, 0.717) is 6.61 Å². The molecule has 94 valence electrons. The fourth-order valence-corrected chi connectivity index (χ4v) is 3.27. The van der Waals surface area contributed by atoms with E-state index in [-0.39, 0.29) is 6.09 Å². The first-order valence-electron chi connectivity index (χ1n) is 5.49. The molecule has 0 spiro atoms. The molecule has 0 N–H and O–H groups in total. The highest BCUT2D eigenvalue weighted by molar-refractivity contribution is 9.11. The summed E-state index contributed by atoms with van der Waals surface area (Å²) in [4.78, 5) is 16.5. The number of likely N-dealkylation sites (N-methyl/N-ethyl adjacent to an activating group) is 1. The molecule has 1 amide bonds. The van der Waals surface area contributed by atoms with Gasteiger partial charge in [0.1, 0.15) is 6.61 Å². The predicted octanol–water partition coefficient (Wildman–Crippen LogP) is 2.39. The number of carbonyl (C=O) groups excluding carboxylic acids is 1. The Morgan fingerprint density at radius 3 is 3.00 bits per heavy atom. The summed E-state index contributed by atoms with van der Waals surface area (Å²) in [6, 6.07) is 4.18. The molecule has 6 heteroatoms. The van der Waals surface area contributed by atoms with E-state index < -0.39 is 0 Å².